The van der Waals surface area contributed by atoms with E-state index in [4.69, 9.17) is 0 Å². The Bertz CT molecular complexity index is 1430. The summed E-state index contributed by atoms with van der Waals surface area (Å²) in [6, 6.07) is 14.5. The minimum absolute atomic E-state index is 0.0172. The zero-order valence-corrected chi connectivity index (χ0v) is 19.4. The van der Waals surface area contributed by atoms with E-state index in [1.165, 1.54) is 9.08 Å². The molecule has 2 heterocycles. The fraction of sp³-hybridized carbons (Fsp3) is 0.360. The number of hydrogen-bond acceptors (Lipinski definition) is 4. The maximum absolute atomic E-state index is 13.4. The number of nitrogens with zero attached hydrogens (tertiary/aromatic N) is 4. The van der Waals surface area contributed by atoms with Gasteiger partial charge in [0.05, 0.1) is 17.4 Å². The van der Waals surface area contributed by atoms with Gasteiger partial charge < -0.3 is 5.32 Å². The van der Waals surface area contributed by atoms with Gasteiger partial charge in [-0.3, -0.25) is 14.2 Å². The molecule has 1 unspecified atom stereocenters. The molecular formula is C25H29N5O3. The molecule has 0 radical (unpaired) electrons. The largest absolute Gasteiger partial charge is 0.352 e. The van der Waals surface area contributed by atoms with Crippen molar-refractivity contribution in [2.24, 2.45) is 5.92 Å². The summed E-state index contributed by atoms with van der Waals surface area (Å²) in [7, 11) is 0. The van der Waals surface area contributed by atoms with Crippen molar-refractivity contribution in [3.8, 4) is 0 Å². The number of benzene rings is 2. The standard InChI is InChI=1S/C25H29N5O3/c1-5-17(4)26-22(31)19-11-12-20-21(13-19)30-24(28(23(20)32)14-16(2)3)27-29(25(30)33)15-18-9-7-6-8-10-18/h6-13,16-17H,5,14-15H2,1-4H3,(H,26,31). The molecule has 0 fully saturated rings. The number of nitrogens with one attached hydrogen (secondary N) is 1. The zero-order valence-electron chi connectivity index (χ0n) is 19.4. The second-order valence-corrected chi connectivity index (χ2v) is 8.89. The molecule has 2 aromatic heterocycles. The monoisotopic (exact) mass is 447 g/mol. The third-order valence-electron chi connectivity index (χ3n) is 5.75. The van der Waals surface area contributed by atoms with E-state index in [2.05, 4.69) is 10.4 Å². The molecule has 2 aromatic carbocycles. The lowest BCUT2D eigenvalue weighted by atomic mass is 10.1. The lowest BCUT2D eigenvalue weighted by Gasteiger charge is -2.14. The lowest BCUT2D eigenvalue weighted by molar-refractivity contribution is 0.0939. The van der Waals surface area contributed by atoms with Gasteiger partial charge in [0.2, 0.25) is 5.78 Å². The van der Waals surface area contributed by atoms with E-state index in [1.807, 2.05) is 58.0 Å². The summed E-state index contributed by atoms with van der Waals surface area (Å²) in [5.74, 6) is 0.219. The number of carbonyl (C=O) groups is 1. The summed E-state index contributed by atoms with van der Waals surface area (Å²) < 4.78 is 4.36. The van der Waals surface area contributed by atoms with Gasteiger partial charge in [-0.25, -0.2) is 13.9 Å². The molecule has 8 heteroatoms. The highest BCUT2D eigenvalue weighted by molar-refractivity contribution is 5.98. The highest BCUT2D eigenvalue weighted by Crippen LogP contribution is 2.16. The summed E-state index contributed by atoms with van der Waals surface area (Å²) >= 11 is 0. The van der Waals surface area contributed by atoms with Gasteiger partial charge in [-0.1, -0.05) is 51.1 Å². The van der Waals surface area contributed by atoms with Gasteiger partial charge in [0, 0.05) is 18.2 Å². The molecule has 4 rings (SSSR count). The first-order chi connectivity index (χ1) is 15.8. The summed E-state index contributed by atoms with van der Waals surface area (Å²) in [5.41, 5.74) is 1.13. The fourth-order valence-corrected chi connectivity index (χ4v) is 3.86. The van der Waals surface area contributed by atoms with E-state index >= 15 is 0 Å². The number of hydrogen-bond donors (Lipinski definition) is 1. The van der Waals surface area contributed by atoms with Gasteiger partial charge in [0.1, 0.15) is 0 Å². The maximum atomic E-state index is 13.4. The third kappa shape index (κ3) is 4.33. The van der Waals surface area contributed by atoms with Crippen LogP contribution in [0.3, 0.4) is 0 Å². The molecule has 1 atom stereocenters. The van der Waals surface area contributed by atoms with Crippen LogP contribution < -0.4 is 16.6 Å². The lowest BCUT2D eigenvalue weighted by Crippen LogP contribution is -2.32. The Labute approximate surface area is 191 Å². The van der Waals surface area contributed by atoms with Gasteiger partial charge in [0.15, 0.2) is 0 Å². The smallest absolute Gasteiger partial charge is 0.350 e. The quantitative estimate of drug-likeness (QED) is 0.472. The molecule has 0 saturated carbocycles. The summed E-state index contributed by atoms with van der Waals surface area (Å²) in [6.07, 6.45) is 0.801. The van der Waals surface area contributed by atoms with Gasteiger partial charge in [0.25, 0.3) is 11.5 Å². The van der Waals surface area contributed by atoms with Crippen LogP contribution in [0.2, 0.25) is 0 Å². The van der Waals surface area contributed by atoms with Crippen molar-refractivity contribution in [1.29, 1.82) is 0 Å². The zero-order chi connectivity index (χ0) is 23.7. The molecule has 8 nitrogen and oxygen atoms in total. The average Bonchev–Trinajstić information content (AvgIpc) is 3.12. The summed E-state index contributed by atoms with van der Waals surface area (Å²) in [6.45, 7) is 8.65. The predicted molar refractivity (Wildman–Crippen MR) is 129 cm³/mol. The van der Waals surface area contributed by atoms with Crippen molar-refractivity contribution >= 4 is 22.6 Å². The van der Waals surface area contributed by atoms with E-state index in [9.17, 15) is 14.4 Å². The Morgan fingerprint density at radius 2 is 1.79 bits per heavy atom. The molecule has 172 valence electrons. The van der Waals surface area contributed by atoms with Crippen molar-refractivity contribution in [3.63, 3.8) is 0 Å². The Morgan fingerprint density at radius 1 is 1.06 bits per heavy atom. The predicted octanol–water partition coefficient (Wildman–Crippen LogP) is 3.04. The first-order valence-electron chi connectivity index (χ1n) is 11.3. The van der Waals surface area contributed by atoms with Gasteiger partial charge >= 0.3 is 5.69 Å². The number of fused-ring (bicyclic) bond motifs is 3. The summed E-state index contributed by atoms with van der Waals surface area (Å²) in [4.78, 5) is 39.5. The van der Waals surface area contributed by atoms with Gasteiger partial charge in [-0.2, -0.15) is 0 Å². The van der Waals surface area contributed by atoms with Crippen LogP contribution >= 0.6 is 0 Å². The molecule has 4 aromatic rings. The van der Waals surface area contributed by atoms with Crippen molar-refractivity contribution in [2.45, 2.75) is 53.2 Å². The normalized spacial score (nSPS) is 12.5. The van der Waals surface area contributed by atoms with Crippen LogP contribution in [0, 0.1) is 5.92 Å². The maximum Gasteiger partial charge on any atom is 0.352 e. The topological polar surface area (TPSA) is 90.4 Å². The molecular weight excluding hydrogens is 418 g/mol. The van der Waals surface area contributed by atoms with Crippen LogP contribution in [-0.2, 0) is 13.1 Å². The SMILES string of the molecule is CCC(C)NC(=O)c1ccc2c(=O)n(CC(C)C)c3nn(Cc4ccccc4)c(=O)n3c2c1. The first kappa shape index (κ1) is 22.5. The van der Waals surface area contributed by atoms with Crippen molar-refractivity contribution in [2.75, 3.05) is 0 Å². The molecule has 0 bridgehead atoms. The molecule has 1 N–H and O–H groups in total. The first-order valence-corrected chi connectivity index (χ1v) is 11.3. The van der Waals surface area contributed by atoms with Crippen molar-refractivity contribution < 1.29 is 4.79 Å². The van der Waals surface area contributed by atoms with Gasteiger partial charge in [-0.05, 0) is 43.0 Å². The van der Waals surface area contributed by atoms with Crippen molar-refractivity contribution in [3.05, 3.63) is 80.5 Å². The Morgan fingerprint density at radius 3 is 2.45 bits per heavy atom. The molecule has 0 saturated heterocycles. The van der Waals surface area contributed by atoms with Gasteiger partial charge in [-0.15, -0.1) is 5.10 Å². The van der Waals surface area contributed by atoms with Crippen LogP contribution in [0.1, 0.15) is 50.0 Å². The molecule has 0 aliphatic carbocycles. The van der Waals surface area contributed by atoms with E-state index < -0.39 is 0 Å². The number of carbonyl (C=O) groups excluding carboxylic acids is 1. The molecule has 1 amide bonds. The second-order valence-electron chi connectivity index (χ2n) is 8.89. The summed E-state index contributed by atoms with van der Waals surface area (Å²) in [5, 5.41) is 7.85. The third-order valence-corrected chi connectivity index (χ3v) is 5.75. The van der Waals surface area contributed by atoms with Crippen molar-refractivity contribution in [1.82, 2.24) is 24.1 Å². The Hall–Kier alpha value is -3.68. The highest BCUT2D eigenvalue weighted by Gasteiger charge is 2.20. The van der Waals surface area contributed by atoms with E-state index in [0.717, 1.165) is 12.0 Å². The molecule has 33 heavy (non-hydrogen) atoms. The number of aromatic nitrogens is 4. The van der Waals surface area contributed by atoms with Crippen LogP contribution in [0.15, 0.2) is 58.1 Å². The molecule has 0 aliphatic heterocycles. The minimum atomic E-state index is -0.351. The fourth-order valence-electron chi connectivity index (χ4n) is 3.86. The van der Waals surface area contributed by atoms with E-state index in [0.29, 0.717) is 23.0 Å². The van der Waals surface area contributed by atoms with Crippen LogP contribution in [0.4, 0.5) is 0 Å². The Kier molecular flexibility index (Phi) is 6.18. The van der Waals surface area contributed by atoms with Crippen LogP contribution in [-0.4, -0.2) is 30.7 Å². The molecule has 0 spiro atoms. The minimum Gasteiger partial charge on any atom is -0.350 e. The van der Waals surface area contributed by atoms with E-state index in [-0.39, 0.29) is 41.4 Å². The van der Waals surface area contributed by atoms with Crippen LogP contribution in [0.25, 0.3) is 16.7 Å². The van der Waals surface area contributed by atoms with Crippen LogP contribution in [0.5, 0.6) is 0 Å². The Balaban J connectivity index is 1.96. The second kappa shape index (κ2) is 9.05. The average molecular weight is 448 g/mol. The molecule has 0 aliphatic rings. The number of amides is 1. The highest BCUT2D eigenvalue weighted by atomic mass is 16.2. The van der Waals surface area contributed by atoms with E-state index in [1.54, 1.807) is 22.8 Å². The number of rotatable bonds is 7.